The lowest BCUT2D eigenvalue weighted by molar-refractivity contribution is -0.101. The first-order chi connectivity index (χ1) is 5.91. The van der Waals surface area contributed by atoms with Gasteiger partial charge in [-0.1, -0.05) is 0 Å². The molecule has 0 aliphatic carbocycles. The second kappa shape index (κ2) is 5.25. The second-order valence-electron chi connectivity index (χ2n) is 2.86. The smallest absolute Gasteiger partial charge is 0.119 e. The number of rotatable bonds is 5. The van der Waals surface area contributed by atoms with Crippen molar-refractivity contribution in [3.63, 3.8) is 0 Å². The van der Waals surface area contributed by atoms with Gasteiger partial charge in [-0.25, -0.2) is 0 Å². The molecule has 0 aromatic rings. The molecule has 6 nitrogen and oxygen atoms in total. The third kappa shape index (κ3) is 3.37. The van der Waals surface area contributed by atoms with Gasteiger partial charge in [0.2, 0.25) is 0 Å². The summed E-state index contributed by atoms with van der Waals surface area (Å²) in [6, 6.07) is 0. The van der Waals surface area contributed by atoms with E-state index in [1.165, 1.54) is 6.92 Å². The molecule has 0 rings (SSSR count). The summed E-state index contributed by atoms with van der Waals surface area (Å²) < 4.78 is 0. The minimum atomic E-state index is -1.67. The van der Waals surface area contributed by atoms with Gasteiger partial charge in [0.05, 0.1) is 6.61 Å². The lowest BCUT2D eigenvalue weighted by Crippen LogP contribution is -2.47. The third-order valence-electron chi connectivity index (χ3n) is 1.70. The number of hydrogen-bond acceptors (Lipinski definition) is 6. The zero-order chi connectivity index (χ0) is 10.6. The quantitative estimate of drug-likeness (QED) is 0.268. The maximum Gasteiger partial charge on any atom is 0.119 e. The normalized spacial score (nSPS) is 20.5. The van der Waals surface area contributed by atoms with Gasteiger partial charge in [-0.3, -0.25) is 0 Å². The lowest BCUT2D eigenvalue weighted by Gasteiger charge is -2.24. The Labute approximate surface area is 75.6 Å². The highest BCUT2D eigenvalue weighted by atomic mass is 16.4. The van der Waals surface area contributed by atoms with Gasteiger partial charge in [0.25, 0.3) is 0 Å². The van der Waals surface area contributed by atoms with Crippen molar-refractivity contribution in [3.8, 4) is 0 Å². The topological polar surface area (TPSA) is 125 Å². The van der Waals surface area contributed by atoms with E-state index in [1.54, 1.807) is 0 Å². The van der Waals surface area contributed by atoms with Crippen molar-refractivity contribution in [2.75, 3.05) is 6.61 Å². The monoisotopic (exact) mass is 193 g/mol. The summed E-state index contributed by atoms with van der Waals surface area (Å²) in [6.45, 7) is 0.536. The highest BCUT2D eigenvalue weighted by molar-refractivity contribution is 5.83. The van der Waals surface area contributed by atoms with Gasteiger partial charge in [-0.15, -0.1) is 0 Å². The highest BCUT2D eigenvalue weighted by Gasteiger charge is 2.30. The van der Waals surface area contributed by atoms with E-state index in [0.717, 1.165) is 0 Å². The van der Waals surface area contributed by atoms with Gasteiger partial charge in [-0.05, 0) is 6.92 Å². The standard InChI is InChI=1S/C7H15NO5/c1-3(8)5(11)7(13)6(12)4(10)2-9/h4-13H,2H2,1H3/t4?,5-,6?,7?/m1/s1. The van der Waals surface area contributed by atoms with Crippen molar-refractivity contribution >= 4 is 5.71 Å². The molecule has 0 aromatic heterocycles. The molecule has 0 saturated heterocycles. The highest BCUT2D eigenvalue weighted by Crippen LogP contribution is 2.05. The summed E-state index contributed by atoms with van der Waals surface area (Å²) in [6.07, 6.45) is -6.39. The van der Waals surface area contributed by atoms with Crippen LogP contribution >= 0.6 is 0 Å². The van der Waals surface area contributed by atoms with Gasteiger partial charge in [0.15, 0.2) is 0 Å². The molecule has 4 atom stereocenters. The fourth-order valence-corrected chi connectivity index (χ4v) is 0.779. The molecule has 0 amide bonds. The first-order valence-electron chi connectivity index (χ1n) is 3.80. The average molecular weight is 193 g/mol. The second-order valence-corrected chi connectivity index (χ2v) is 2.86. The summed E-state index contributed by atoms with van der Waals surface area (Å²) in [5.41, 5.74) is -0.225. The Morgan fingerprint density at radius 1 is 1.15 bits per heavy atom. The van der Waals surface area contributed by atoms with Crippen molar-refractivity contribution in [2.45, 2.75) is 31.3 Å². The van der Waals surface area contributed by atoms with E-state index >= 15 is 0 Å². The molecular weight excluding hydrogens is 178 g/mol. The predicted molar refractivity (Wildman–Crippen MR) is 44.5 cm³/mol. The number of aliphatic hydroxyl groups is 5. The predicted octanol–water partition coefficient (Wildman–Crippen LogP) is -2.54. The number of nitrogens with one attached hydrogen (secondary N) is 1. The fourth-order valence-electron chi connectivity index (χ4n) is 0.779. The molecule has 0 fully saturated rings. The molecule has 0 bridgehead atoms. The van der Waals surface area contributed by atoms with E-state index in [-0.39, 0.29) is 5.71 Å². The van der Waals surface area contributed by atoms with E-state index in [4.69, 9.17) is 30.9 Å². The maximum absolute atomic E-state index is 9.15. The van der Waals surface area contributed by atoms with Crippen LogP contribution in [0.5, 0.6) is 0 Å². The Morgan fingerprint density at radius 3 is 1.92 bits per heavy atom. The van der Waals surface area contributed by atoms with Crippen LogP contribution in [0.25, 0.3) is 0 Å². The molecular formula is C7H15NO5. The Hall–Kier alpha value is -0.530. The van der Waals surface area contributed by atoms with Crippen LogP contribution in [0.1, 0.15) is 6.92 Å². The van der Waals surface area contributed by atoms with Gasteiger partial charge in [0, 0.05) is 5.71 Å². The molecule has 6 N–H and O–H groups in total. The Morgan fingerprint density at radius 2 is 1.62 bits per heavy atom. The molecule has 0 saturated carbocycles. The number of aliphatic hydroxyl groups excluding tert-OH is 5. The van der Waals surface area contributed by atoms with Gasteiger partial charge < -0.3 is 30.9 Å². The molecule has 0 spiro atoms. The maximum atomic E-state index is 9.15. The van der Waals surface area contributed by atoms with Crippen LogP contribution in [-0.4, -0.2) is 62.3 Å². The van der Waals surface area contributed by atoms with Crippen LogP contribution in [0.15, 0.2) is 0 Å². The molecule has 0 aromatic carbocycles. The minimum Gasteiger partial charge on any atom is -0.394 e. The van der Waals surface area contributed by atoms with Crippen molar-refractivity contribution in [1.29, 1.82) is 5.41 Å². The van der Waals surface area contributed by atoms with Crippen LogP contribution in [0.2, 0.25) is 0 Å². The van der Waals surface area contributed by atoms with Crippen LogP contribution in [0.3, 0.4) is 0 Å². The Kier molecular flexibility index (Phi) is 5.04. The molecule has 78 valence electrons. The fraction of sp³-hybridized carbons (Fsp3) is 0.857. The lowest BCUT2D eigenvalue weighted by atomic mass is 10.0. The zero-order valence-electron chi connectivity index (χ0n) is 7.25. The van der Waals surface area contributed by atoms with Gasteiger partial charge in [-0.2, -0.15) is 0 Å². The SMILES string of the molecule is CC(=N)[C@@H](O)C(O)C(O)C(O)CO. The van der Waals surface area contributed by atoms with Crippen molar-refractivity contribution in [2.24, 2.45) is 0 Å². The van der Waals surface area contributed by atoms with Gasteiger partial charge >= 0.3 is 0 Å². The first-order valence-corrected chi connectivity index (χ1v) is 3.80. The third-order valence-corrected chi connectivity index (χ3v) is 1.70. The van der Waals surface area contributed by atoms with Crippen LogP contribution in [0.4, 0.5) is 0 Å². The Balaban J connectivity index is 4.24. The molecule has 0 aliphatic heterocycles. The van der Waals surface area contributed by atoms with E-state index in [0.29, 0.717) is 0 Å². The average Bonchev–Trinajstić information content (AvgIpc) is 2.12. The zero-order valence-corrected chi connectivity index (χ0v) is 7.25. The largest absolute Gasteiger partial charge is 0.394 e. The van der Waals surface area contributed by atoms with E-state index in [9.17, 15) is 0 Å². The van der Waals surface area contributed by atoms with E-state index in [2.05, 4.69) is 0 Å². The Bertz CT molecular complexity index is 174. The minimum absolute atomic E-state index is 0.225. The van der Waals surface area contributed by atoms with Crippen LogP contribution in [0, 0.1) is 5.41 Å². The van der Waals surface area contributed by atoms with Crippen molar-refractivity contribution < 1.29 is 25.5 Å². The summed E-state index contributed by atoms with van der Waals surface area (Å²) in [4.78, 5) is 0. The van der Waals surface area contributed by atoms with E-state index < -0.39 is 31.0 Å². The summed E-state index contributed by atoms with van der Waals surface area (Å²) in [5, 5.41) is 51.6. The first kappa shape index (κ1) is 12.5. The summed E-state index contributed by atoms with van der Waals surface area (Å²) in [7, 11) is 0. The van der Waals surface area contributed by atoms with Gasteiger partial charge in [0.1, 0.15) is 24.4 Å². The summed E-state index contributed by atoms with van der Waals surface area (Å²) in [5.74, 6) is 0. The van der Waals surface area contributed by atoms with Crippen molar-refractivity contribution in [3.05, 3.63) is 0 Å². The molecule has 0 aliphatic rings. The molecule has 0 radical (unpaired) electrons. The molecule has 0 heterocycles. The van der Waals surface area contributed by atoms with Crippen LogP contribution < -0.4 is 0 Å². The van der Waals surface area contributed by atoms with E-state index in [1.807, 2.05) is 0 Å². The van der Waals surface area contributed by atoms with Crippen LogP contribution in [-0.2, 0) is 0 Å². The summed E-state index contributed by atoms with van der Waals surface area (Å²) >= 11 is 0. The number of hydrogen-bond donors (Lipinski definition) is 6. The molecule has 3 unspecified atom stereocenters. The molecule has 13 heavy (non-hydrogen) atoms. The van der Waals surface area contributed by atoms with Crippen molar-refractivity contribution in [1.82, 2.24) is 0 Å². The molecule has 6 heteroatoms.